The molecule has 0 atom stereocenters. The Hall–Kier alpha value is -2.77. The maximum atomic E-state index is 12.9. The van der Waals surface area contributed by atoms with Crippen LogP contribution in [0.2, 0.25) is 0 Å². The van der Waals surface area contributed by atoms with Crippen LogP contribution in [0, 0.1) is 18.8 Å². The minimum atomic E-state index is -3.65. The number of hydrogen-bond acceptors (Lipinski definition) is 4. The Morgan fingerprint density at radius 3 is 2.48 bits per heavy atom. The van der Waals surface area contributed by atoms with Crippen molar-refractivity contribution >= 4 is 26.8 Å². The van der Waals surface area contributed by atoms with Gasteiger partial charge in [-0.1, -0.05) is 48.0 Å². The van der Waals surface area contributed by atoms with Gasteiger partial charge in [0.15, 0.2) is 0 Å². The molecule has 0 aliphatic heterocycles. The molecule has 0 spiro atoms. The molecule has 1 aromatic heterocycles. The first kappa shape index (κ1) is 23.4. The molecule has 1 aliphatic rings. The van der Waals surface area contributed by atoms with Crippen molar-refractivity contribution in [2.75, 3.05) is 13.1 Å². The summed E-state index contributed by atoms with van der Waals surface area (Å²) in [5.74, 6) is 0.362. The third kappa shape index (κ3) is 5.97. The Labute approximate surface area is 195 Å². The highest BCUT2D eigenvalue weighted by molar-refractivity contribution is 7.89. The predicted octanol–water partition coefficient (Wildman–Crippen LogP) is 3.99. The number of benzene rings is 2. The van der Waals surface area contributed by atoms with Crippen LogP contribution in [0.25, 0.3) is 10.9 Å². The average Bonchev–Trinajstić information content (AvgIpc) is 2.84. The number of carbonyl (C=O) groups excluding carboxylic acids is 1. The third-order valence-electron chi connectivity index (χ3n) is 6.50. The highest BCUT2D eigenvalue weighted by atomic mass is 32.2. The van der Waals surface area contributed by atoms with Crippen molar-refractivity contribution in [1.29, 1.82) is 0 Å². The summed E-state index contributed by atoms with van der Waals surface area (Å²) in [4.78, 5) is 17.0. The van der Waals surface area contributed by atoms with E-state index in [2.05, 4.69) is 46.2 Å². The van der Waals surface area contributed by atoms with Crippen LogP contribution in [0.4, 0.5) is 0 Å². The number of rotatable bonds is 8. The van der Waals surface area contributed by atoms with E-state index in [1.165, 1.54) is 11.1 Å². The molecule has 174 valence electrons. The van der Waals surface area contributed by atoms with Gasteiger partial charge in [0.25, 0.3) is 0 Å². The van der Waals surface area contributed by atoms with E-state index in [-0.39, 0.29) is 22.6 Å². The zero-order valence-electron chi connectivity index (χ0n) is 19.0. The highest BCUT2D eigenvalue weighted by Crippen LogP contribution is 2.29. The Bertz CT molecular complexity index is 1200. The van der Waals surface area contributed by atoms with Gasteiger partial charge in [0.05, 0.1) is 5.52 Å². The molecule has 0 radical (unpaired) electrons. The van der Waals surface area contributed by atoms with E-state index in [1.807, 2.05) is 12.1 Å². The number of carbonyl (C=O) groups is 1. The van der Waals surface area contributed by atoms with Gasteiger partial charge in [-0.2, -0.15) is 0 Å². The second-order valence-electron chi connectivity index (χ2n) is 8.93. The maximum Gasteiger partial charge on any atom is 0.242 e. The van der Waals surface area contributed by atoms with E-state index >= 15 is 0 Å². The number of nitrogens with one attached hydrogen (secondary N) is 2. The number of aromatic nitrogens is 1. The van der Waals surface area contributed by atoms with E-state index in [0.717, 1.165) is 37.5 Å². The molecule has 1 aliphatic carbocycles. The normalized spacial score (nSPS) is 18.8. The van der Waals surface area contributed by atoms with Gasteiger partial charge in [-0.3, -0.25) is 9.78 Å². The fourth-order valence-electron chi connectivity index (χ4n) is 4.46. The summed E-state index contributed by atoms with van der Waals surface area (Å²) in [6, 6.07) is 17.2. The largest absolute Gasteiger partial charge is 0.356 e. The number of pyridine rings is 1. The minimum Gasteiger partial charge on any atom is -0.356 e. The number of aryl methyl sites for hydroxylation is 1. The lowest BCUT2D eigenvalue weighted by molar-refractivity contribution is -0.126. The van der Waals surface area contributed by atoms with Gasteiger partial charge in [-0.15, -0.1) is 0 Å². The van der Waals surface area contributed by atoms with Crippen molar-refractivity contribution in [3.05, 3.63) is 71.9 Å². The number of fused-ring (bicyclic) bond motifs is 1. The molecule has 1 amide bonds. The van der Waals surface area contributed by atoms with E-state index < -0.39 is 10.0 Å². The standard InChI is InChI=1S/C26H31N3O3S/c1-19-7-9-20(10-8-19)15-17-28-26(30)23-13-11-21(12-14-23)18-29-33(31,32)24-6-2-4-22-5-3-16-27-25(22)24/h2-10,16,21,23,29H,11-15,17-18H2,1H3,(H,28,30). The SMILES string of the molecule is Cc1ccc(CCNC(=O)C2CCC(CNS(=O)(=O)c3cccc4cccnc34)CC2)cc1. The van der Waals surface area contributed by atoms with Crippen LogP contribution in [0.1, 0.15) is 36.8 Å². The van der Waals surface area contributed by atoms with Crippen LogP contribution >= 0.6 is 0 Å². The molecule has 2 N–H and O–H groups in total. The number of sulfonamides is 1. The van der Waals surface area contributed by atoms with Crippen molar-refractivity contribution in [3.63, 3.8) is 0 Å². The van der Waals surface area contributed by atoms with Crippen molar-refractivity contribution in [2.45, 2.75) is 43.9 Å². The van der Waals surface area contributed by atoms with Crippen LogP contribution in [0.3, 0.4) is 0 Å². The summed E-state index contributed by atoms with van der Waals surface area (Å²) in [5.41, 5.74) is 2.94. The first-order chi connectivity index (χ1) is 15.9. The van der Waals surface area contributed by atoms with Crippen molar-refractivity contribution in [1.82, 2.24) is 15.0 Å². The number of nitrogens with zero attached hydrogens (tertiary/aromatic N) is 1. The van der Waals surface area contributed by atoms with Crippen LogP contribution < -0.4 is 10.0 Å². The van der Waals surface area contributed by atoms with E-state index in [1.54, 1.807) is 24.4 Å². The molecule has 1 fully saturated rings. The quantitative estimate of drug-likeness (QED) is 0.527. The van der Waals surface area contributed by atoms with Gasteiger partial charge in [-0.25, -0.2) is 13.1 Å². The van der Waals surface area contributed by atoms with E-state index in [0.29, 0.717) is 18.6 Å². The third-order valence-corrected chi connectivity index (χ3v) is 7.95. The molecule has 0 unspecified atom stereocenters. The van der Waals surface area contributed by atoms with Crippen LogP contribution in [0.15, 0.2) is 65.7 Å². The summed E-state index contributed by atoms with van der Waals surface area (Å²) in [6.45, 7) is 3.09. The van der Waals surface area contributed by atoms with Crippen LogP contribution in [-0.4, -0.2) is 32.4 Å². The van der Waals surface area contributed by atoms with Gasteiger partial charge in [0.2, 0.25) is 15.9 Å². The summed E-state index contributed by atoms with van der Waals surface area (Å²) < 4.78 is 28.6. The van der Waals surface area contributed by atoms with Gasteiger partial charge < -0.3 is 5.32 Å². The number of amides is 1. The van der Waals surface area contributed by atoms with E-state index in [9.17, 15) is 13.2 Å². The molecule has 0 bridgehead atoms. The molecule has 1 heterocycles. The number of hydrogen-bond donors (Lipinski definition) is 2. The molecule has 4 rings (SSSR count). The monoisotopic (exact) mass is 465 g/mol. The topological polar surface area (TPSA) is 88.2 Å². The summed E-state index contributed by atoms with van der Waals surface area (Å²) in [5, 5.41) is 3.87. The predicted molar refractivity (Wildman–Crippen MR) is 130 cm³/mol. The lowest BCUT2D eigenvalue weighted by atomic mass is 9.81. The second kappa shape index (κ2) is 10.4. The molecule has 3 aromatic rings. The lowest BCUT2D eigenvalue weighted by Gasteiger charge is -2.28. The minimum absolute atomic E-state index is 0.0122. The zero-order chi connectivity index (χ0) is 23.3. The Kier molecular flexibility index (Phi) is 7.40. The first-order valence-corrected chi connectivity index (χ1v) is 13.1. The molecular formula is C26H31N3O3S. The highest BCUT2D eigenvalue weighted by Gasteiger charge is 2.27. The summed E-state index contributed by atoms with van der Waals surface area (Å²) in [7, 11) is -3.65. The van der Waals surface area contributed by atoms with Gasteiger partial charge in [0.1, 0.15) is 4.90 Å². The smallest absolute Gasteiger partial charge is 0.242 e. The van der Waals surface area contributed by atoms with Crippen molar-refractivity contribution in [2.24, 2.45) is 11.8 Å². The molecule has 6 nitrogen and oxygen atoms in total. The van der Waals surface area contributed by atoms with E-state index in [4.69, 9.17) is 0 Å². The molecule has 7 heteroatoms. The molecule has 1 saturated carbocycles. The average molecular weight is 466 g/mol. The lowest BCUT2D eigenvalue weighted by Crippen LogP contribution is -2.36. The fourth-order valence-corrected chi connectivity index (χ4v) is 5.75. The van der Waals surface area contributed by atoms with Gasteiger partial charge in [-0.05, 0) is 62.6 Å². The molecule has 0 saturated heterocycles. The fraction of sp³-hybridized carbons (Fsp3) is 0.385. The Balaban J connectivity index is 1.23. The molecular weight excluding hydrogens is 434 g/mol. The summed E-state index contributed by atoms with van der Waals surface area (Å²) in [6.07, 6.45) is 5.69. The van der Waals surface area contributed by atoms with Crippen molar-refractivity contribution < 1.29 is 13.2 Å². The van der Waals surface area contributed by atoms with Crippen LogP contribution in [0.5, 0.6) is 0 Å². The second-order valence-corrected chi connectivity index (χ2v) is 10.7. The maximum absolute atomic E-state index is 12.9. The first-order valence-electron chi connectivity index (χ1n) is 11.6. The van der Waals surface area contributed by atoms with Crippen LogP contribution in [-0.2, 0) is 21.2 Å². The van der Waals surface area contributed by atoms with Crippen molar-refractivity contribution in [3.8, 4) is 0 Å². The zero-order valence-corrected chi connectivity index (χ0v) is 19.8. The van der Waals surface area contributed by atoms with Gasteiger partial charge >= 0.3 is 0 Å². The Morgan fingerprint density at radius 2 is 1.73 bits per heavy atom. The molecule has 2 aromatic carbocycles. The Morgan fingerprint density at radius 1 is 1.00 bits per heavy atom. The summed E-state index contributed by atoms with van der Waals surface area (Å²) >= 11 is 0. The molecule has 33 heavy (non-hydrogen) atoms. The van der Waals surface area contributed by atoms with Gasteiger partial charge in [0, 0.05) is 30.6 Å². The number of para-hydroxylation sites is 1.